The summed E-state index contributed by atoms with van der Waals surface area (Å²) in [4.78, 5) is 21.0. The summed E-state index contributed by atoms with van der Waals surface area (Å²) in [5, 5.41) is 12.4. The number of nitrogens with one attached hydrogen (secondary N) is 1. The van der Waals surface area contributed by atoms with Gasteiger partial charge in [-0.05, 0) is 48.9 Å². The first-order valence-corrected chi connectivity index (χ1v) is 10.3. The van der Waals surface area contributed by atoms with E-state index in [9.17, 15) is 4.79 Å². The van der Waals surface area contributed by atoms with Crippen LogP contribution in [0.2, 0.25) is 5.02 Å². The second-order valence-electron chi connectivity index (χ2n) is 7.24. The van der Waals surface area contributed by atoms with Crippen LogP contribution < -0.4 is 10.2 Å². The van der Waals surface area contributed by atoms with Crippen LogP contribution in [-0.4, -0.2) is 52.2 Å². The van der Waals surface area contributed by atoms with Crippen LogP contribution in [0.25, 0.3) is 0 Å². The fourth-order valence-corrected chi connectivity index (χ4v) is 3.50. The van der Waals surface area contributed by atoms with Gasteiger partial charge in [-0.3, -0.25) is 4.79 Å². The Morgan fingerprint density at radius 2 is 1.73 bits per heavy atom. The van der Waals surface area contributed by atoms with Gasteiger partial charge in [-0.2, -0.15) is 0 Å². The van der Waals surface area contributed by atoms with Gasteiger partial charge in [0.25, 0.3) is 0 Å². The maximum Gasteiger partial charge on any atom is 0.227 e. The highest BCUT2D eigenvalue weighted by molar-refractivity contribution is 6.30. The molecule has 1 saturated heterocycles. The van der Waals surface area contributed by atoms with Crippen LogP contribution in [0.1, 0.15) is 11.3 Å². The molecule has 1 aliphatic rings. The van der Waals surface area contributed by atoms with Gasteiger partial charge in [-0.1, -0.05) is 29.8 Å². The van der Waals surface area contributed by atoms with E-state index in [-0.39, 0.29) is 5.91 Å². The number of aryl methyl sites for hydroxylation is 1. The highest BCUT2D eigenvalue weighted by atomic mass is 35.5. The lowest BCUT2D eigenvalue weighted by molar-refractivity contribution is -0.130. The largest absolute Gasteiger partial charge is 0.352 e. The molecule has 1 aromatic carbocycles. The average molecular weight is 423 g/mol. The molecule has 2 aromatic heterocycles. The number of aromatic nitrogens is 3. The molecule has 30 heavy (non-hydrogen) atoms. The molecule has 4 rings (SSSR count). The summed E-state index contributed by atoms with van der Waals surface area (Å²) in [6.07, 6.45) is 0.393. The van der Waals surface area contributed by atoms with Crippen LogP contribution in [0.15, 0.2) is 54.6 Å². The van der Waals surface area contributed by atoms with E-state index in [0.717, 1.165) is 36.0 Å². The predicted octanol–water partition coefficient (Wildman–Crippen LogP) is 3.47. The topological polar surface area (TPSA) is 74.2 Å². The van der Waals surface area contributed by atoms with Crippen LogP contribution in [-0.2, 0) is 11.2 Å². The predicted molar refractivity (Wildman–Crippen MR) is 118 cm³/mol. The van der Waals surface area contributed by atoms with Crippen molar-refractivity contribution in [3.63, 3.8) is 0 Å². The SMILES string of the molecule is Cc1cccc(Nc2ccc(N3CCN(C(=O)Cc4ccc(Cl)cc4)CC3)nn2)n1. The molecule has 0 aliphatic carbocycles. The minimum absolute atomic E-state index is 0.133. The average Bonchev–Trinajstić information content (AvgIpc) is 2.76. The molecule has 0 unspecified atom stereocenters. The van der Waals surface area contributed by atoms with Crippen molar-refractivity contribution in [1.82, 2.24) is 20.1 Å². The summed E-state index contributed by atoms with van der Waals surface area (Å²) in [6, 6.07) is 17.0. The molecule has 0 saturated carbocycles. The Balaban J connectivity index is 1.30. The zero-order valence-electron chi connectivity index (χ0n) is 16.8. The van der Waals surface area contributed by atoms with Gasteiger partial charge in [0.15, 0.2) is 11.6 Å². The normalized spacial score (nSPS) is 13.9. The first-order chi connectivity index (χ1) is 14.6. The fourth-order valence-electron chi connectivity index (χ4n) is 3.38. The third-order valence-electron chi connectivity index (χ3n) is 5.02. The molecule has 1 aliphatic heterocycles. The molecule has 154 valence electrons. The van der Waals surface area contributed by atoms with Gasteiger partial charge in [0.05, 0.1) is 6.42 Å². The molecule has 8 heteroatoms. The van der Waals surface area contributed by atoms with Crippen LogP contribution >= 0.6 is 11.6 Å². The molecule has 0 bridgehead atoms. The molecule has 0 atom stereocenters. The number of benzene rings is 1. The van der Waals surface area contributed by atoms with Crippen molar-refractivity contribution in [2.24, 2.45) is 0 Å². The Morgan fingerprint density at radius 3 is 2.40 bits per heavy atom. The number of rotatable bonds is 5. The maximum atomic E-state index is 12.6. The van der Waals surface area contributed by atoms with Crippen LogP contribution in [0, 0.1) is 6.92 Å². The Bertz CT molecular complexity index is 1000. The number of nitrogens with zero attached hydrogens (tertiary/aromatic N) is 5. The zero-order valence-corrected chi connectivity index (χ0v) is 17.5. The van der Waals surface area contributed by atoms with Gasteiger partial charge in [0.1, 0.15) is 5.82 Å². The van der Waals surface area contributed by atoms with E-state index >= 15 is 0 Å². The van der Waals surface area contributed by atoms with E-state index in [4.69, 9.17) is 11.6 Å². The standard InChI is InChI=1S/C22H23ClN6O/c1-16-3-2-4-19(24-16)25-20-9-10-21(27-26-20)28-11-13-29(14-12-28)22(30)15-17-5-7-18(23)8-6-17/h2-10H,11-15H2,1H3,(H,24,25,26). The lowest BCUT2D eigenvalue weighted by Gasteiger charge is -2.35. The number of pyridine rings is 1. The summed E-state index contributed by atoms with van der Waals surface area (Å²) in [5.74, 6) is 2.33. The summed E-state index contributed by atoms with van der Waals surface area (Å²) >= 11 is 5.91. The smallest absolute Gasteiger partial charge is 0.227 e. The lowest BCUT2D eigenvalue weighted by atomic mass is 10.1. The number of anilines is 3. The Kier molecular flexibility index (Phi) is 6.09. The number of amides is 1. The molecule has 1 amide bonds. The number of carbonyl (C=O) groups excluding carboxylic acids is 1. The maximum absolute atomic E-state index is 12.6. The summed E-state index contributed by atoms with van der Waals surface area (Å²) in [6.45, 7) is 4.74. The van der Waals surface area contributed by atoms with E-state index in [0.29, 0.717) is 30.4 Å². The van der Waals surface area contributed by atoms with Gasteiger partial charge in [-0.25, -0.2) is 4.98 Å². The number of halogens is 1. The molecular formula is C22H23ClN6O. The molecule has 0 spiro atoms. The monoisotopic (exact) mass is 422 g/mol. The van der Waals surface area contributed by atoms with Gasteiger partial charge < -0.3 is 15.1 Å². The Morgan fingerprint density at radius 1 is 0.967 bits per heavy atom. The number of hydrogen-bond donors (Lipinski definition) is 1. The molecule has 7 nitrogen and oxygen atoms in total. The second-order valence-corrected chi connectivity index (χ2v) is 7.67. The van der Waals surface area contributed by atoms with Crippen molar-refractivity contribution in [2.45, 2.75) is 13.3 Å². The third-order valence-corrected chi connectivity index (χ3v) is 5.27. The number of hydrogen-bond acceptors (Lipinski definition) is 6. The van der Waals surface area contributed by atoms with Crippen LogP contribution in [0.5, 0.6) is 0 Å². The van der Waals surface area contributed by atoms with Crippen LogP contribution in [0.3, 0.4) is 0 Å². The van der Waals surface area contributed by atoms with E-state index < -0.39 is 0 Å². The van der Waals surface area contributed by atoms with Crippen LogP contribution in [0.4, 0.5) is 17.5 Å². The van der Waals surface area contributed by atoms with Crippen molar-refractivity contribution in [1.29, 1.82) is 0 Å². The van der Waals surface area contributed by atoms with Crippen molar-refractivity contribution in [3.05, 3.63) is 70.9 Å². The molecule has 1 fully saturated rings. The molecule has 3 aromatic rings. The third kappa shape index (κ3) is 5.04. The number of carbonyl (C=O) groups is 1. The van der Waals surface area contributed by atoms with E-state index in [1.54, 1.807) is 0 Å². The van der Waals surface area contributed by atoms with Crippen molar-refractivity contribution >= 4 is 35.0 Å². The lowest BCUT2D eigenvalue weighted by Crippen LogP contribution is -2.49. The first-order valence-electron chi connectivity index (χ1n) is 9.88. The molecule has 1 N–H and O–H groups in total. The highest BCUT2D eigenvalue weighted by Gasteiger charge is 2.22. The first kappa shape index (κ1) is 20.1. The van der Waals surface area contributed by atoms with Crippen molar-refractivity contribution in [2.75, 3.05) is 36.4 Å². The highest BCUT2D eigenvalue weighted by Crippen LogP contribution is 2.17. The summed E-state index contributed by atoms with van der Waals surface area (Å²) < 4.78 is 0. The van der Waals surface area contributed by atoms with E-state index in [2.05, 4.69) is 25.4 Å². The summed E-state index contributed by atoms with van der Waals surface area (Å²) in [5.41, 5.74) is 1.91. The van der Waals surface area contributed by atoms with Crippen molar-refractivity contribution in [3.8, 4) is 0 Å². The van der Waals surface area contributed by atoms with E-state index in [1.165, 1.54) is 0 Å². The fraction of sp³-hybridized carbons (Fsp3) is 0.273. The Hall–Kier alpha value is -3.19. The van der Waals surface area contributed by atoms with Gasteiger partial charge in [0.2, 0.25) is 5.91 Å². The van der Waals surface area contributed by atoms with Gasteiger partial charge >= 0.3 is 0 Å². The quantitative estimate of drug-likeness (QED) is 0.678. The molecular weight excluding hydrogens is 400 g/mol. The second kappa shape index (κ2) is 9.09. The van der Waals surface area contributed by atoms with Gasteiger partial charge in [-0.15, -0.1) is 10.2 Å². The molecule has 3 heterocycles. The summed E-state index contributed by atoms with van der Waals surface area (Å²) in [7, 11) is 0. The minimum Gasteiger partial charge on any atom is -0.352 e. The van der Waals surface area contributed by atoms with Crippen molar-refractivity contribution < 1.29 is 4.79 Å². The Labute approximate surface area is 180 Å². The molecule has 0 radical (unpaired) electrons. The number of piperazine rings is 1. The van der Waals surface area contributed by atoms with Gasteiger partial charge in [0, 0.05) is 36.9 Å². The minimum atomic E-state index is 0.133. The zero-order chi connectivity index (χ0) is 20.9. The van der Waals surface area contributed by atoms with E-state index in [1.807, 2.05) is 66.4 Å².